The van der Waals surface area contributed by atoms with Crippen LogP contribution in [0.25, 0.3) is 11.2 Å². The summed E-state index contributed by atoms with van der Waals surface area (Å²) in [6, 6.07) is 8.00. The van der Waals surface area contributed by atoms with E-state index in [0.29, 0.717) is 11.5 Å². The van der Waals surface area contributed by atoms with Gasteiger partial charge in [-0.15, -0.1) is 0 Å². The van der Waals surface area contributed by atoms with Gasteiger partial charge in [-0.2, -0.15) is 9.97 Å². The lowest BCUT2D eigenvalue weighted by Gasteiger charge is -2.07. The second kappa shape index (κ2) is 10.5. The van der Waals surface area contributed by atoms with Crippen molar-refractivity contribution in [2.45, 2.75) is 33.6 Å². The Kier molecular flexibility index (Phi) is 8.70. The van der Waals surface area contributed by atoms with Crippen LogP contribution in [-0.2, 0) is 0 Å². The molecule has 0 aliphatic heterocycles. The molecule has 1 aromatic carbocycles. The molecule has 4 N–H and O–H groups in total. The fourth-order valence-electron chi connectivity index (χ4n) is 1.76. The third-order valence-electron chi connectivity index (χ3n) is 3.04. The highest BCUT2D eigenvalue weighted by molar-refractivity contribution is 6.28. The van der Waals surface area contributed by atoms with Crippen molar-refractivity contribution in [1.29, 1.82) is 0 Å². The van der Waals surface area contributed by atoms with Crippen LogP contribution in [0.1, 0.15) is 32.3 Å². The average Bonchev–Trinajstić information content (AvgIpc) is 3.05. The monoisotopic (exact) mass is 351 g/mol. The van der Waals surface area contributed by atoms with Gasteiger partial charge in [0.2, 0.25) is 5.28 Å². The molecular formula is C16H22ClN5O2. The third-order valence-corrected chi connectivity index (χ3v) is 3.21. The van der Waals surface area contributed by atoms with Gasteiger partial charge in [-0.25, -0.2) is 4.98 Å². The normalized spacial score (nSPS) is 9.58. The molecule has 8 heteroatoms. The van der Waals surface area contributed by atoms with Crippen molar-refractivity contribution in [3.05, 3.63) is 41.4 Å². The first-order valence-corrected chi connectivity index (χ1v) is 7.92. The van der Waals surface area contributed by atoms with Crippen LogP contribution in [0.3, 0.4) is 0 Å². The number of imidazole rings is 1. The summed E-state index contributed by atoms with van der Waals surface area (Å²) in [5, 5.41) is 15.4. The fraction of sp³-hybridized carbons (Fsp3) is 0.312. The zero-order chi connectivity index (χ0) is 17.9. The summed E-state index contributed by atoms with van der Waals surface area (Å²) in [5.41, 5.74) is 3.40. The number of fused-ring (bicyclic) bond motifs is 1. The molecule has 0 saturated heterocycles. The molecule has 3 rings (SSSR count). The molecule has 0 fully saturated rings. The summed E-state index contributed by atoms with van der Waals surface area (Å²) >= 11 is 5.86. The molecule has 2 aromatic heterocycles. The number of H-pyrrole nitrogens is 1. The van der Waals surface area contributed by atoms with E-state index in [0.717, 1.165) is 11.2 Å². The number of aromatic amines is 1. The first kappa shape index (κ1) is 19.8. The van der Waals surface area contributed by atoms with E-state index in [1.807, 2.05) is 31.2 Å². The Labute approximate surface area is 145 Å². The lowest BCUT2D eigenvalue weighted by Crippen LogP contribution is -1.97. The molecule has 0 unspecified atom stereocenters. The molecule has 3 aromatic rings. The summed E-state index contributed by atoms with van der Waals surface area (Å²) in [6.45, 7) is 6.39. The van der Waals surface area contributed by atoms with Gasteiger partial charge in [-0.1, -0.05) is 38.8 Å². The van der Waals surface area contributed by atoms with Crippen LogP contribution < -0.4 is 5.32 Å². The number of halogens is 1. The highest BCUT2D eigenvalue weighted by Gasteiger charge is 2.08. The summed E-state index contributed by atoms with van der Waals surface area (Å²) in [6.07, 6.45) is 4.21. The van der Waals surface area contributed by atoms with E-state index < -0.39 is 0 Å². The molecule has 0 aliphatic carbocycles. The molecule has 0 radical (unpaired) electrons. The van der Waals surface area contributed by atoms with Gasteiger partial charge in [0.1, 0.15) is 5.52 Å². The second-order valence-electron chi connectivity index (χ2n) is 4.94. The van der Waals surface area contributed by atoms with Crippen molar-refractivity contribution in [2.24, 2.45) is 0 Å². The number of aryl methyl sites for hydroxylation is 1. The van der Waals surface area contributed by atoms with Crippen LogP contribution >= 0.6 is 11.6 Å². The predicted molar refractivity (Wildman–Crippen MR) is 97.0 cm³/mol. The minimum absolute atomic E-state index is 0.171. The maximum atomic E-state index is 6.00. The van der Waals surface area contributed by atoms with E-state index >= 15 is 0 Å². The van der Waals surface area contributed by atoms with Crippen molar-refractivity contribution in [1.82, 2.24) is 19.9 Å². The zero-order valence-corrected chi connectivity index (χ0v) is 14.7. The number of rotatable bonds is 3. The van der Waals surface area contributed by atoms with Crippen molar-refractivity contribution in [2.75, 3.05) is 5.32 Å². The van der Waals surface area contributed by atoms with Gasteiger partial charge in [0.25, 0.3) is 0 Å². The van der Waals surface area contributed by atoms with Gasteiger partial charge < -0.3 is 10.3 Å². The van der Waals surface area contributed by atoms with Gasteiger partial charge in [0, 0.05) is 5.69 Å². The Morgan fingerprint density at radius 3 is 2.50 bits per heavy atom. The van der Waals surface area contributed by atoms with Crippen LogP contribution in [0.2, 0.25) is 5.28 Å². The number of nitrogens with one attached hydrogen (secondary N) is 2. The predicted octanol–water partition coefficient (Wildman–Crippen LogP) is 4.88. The molecule has 0 atom stereocenters. The van der Waals surface area contributed by atoms with Crippen LogP contribution in [0.5, 0.6) is 0 Å². The van der Waals surface area contributed by atoms with E-state index in [-0.39, 0.29) is 5.28 Å². The third kappa shape index (κ3) is 5.77. The van der Waals surface area contributed by atoms with Crippen molar-refractivity contribution >= 4 is 34.3 Å². The molecule has 2 heterocycles. The summed E-state index contributed by atoms with van der Waals surface area (Å²) in [4.78, 5) is 15.3. The molecule has 0 aliphatic rings. The lowest BCUT2D eigenvalue weighted by molar-refractivity contribution is -0.176. The van der Waals surface area contributed by atoms with E-state index in [1.165, 1.54) is 18.4 Å². The smallest absolute Gasteiger partial charge is 0.226 e. The molecule has 0 spiro atoms. The van der Waals surface area contributed by atoms with Gasteiger partial charge in [-0.05, 0) is 36.2 Å². The first-order valence-electron chi connectivity index (χ1n) is 7.54. The Balaban J connectivity index is 0.000000423. The molecule has 0 saturated carbocycles. The highest BCUT2D eigenvalue weighted by Crippen LogP contribution is 2.23. The van der Waals surface area contributed by atoms with Gasteiger partial charge >= 0.3 is 0 Å². The number of benzene rings is 1. The van der Waals surface area contributed by atoms with Crippen molar-refractivity contribution in [3.63, 3.8) is 0 Å². The molecule has 0 bridgehead atoms. The topological polar surface area (TPSA) is 107 Å². The highest BCUT2D eigenvalue weighted by atomic mass is 35.5. The number of anilines is 2. The number of unbranched alkanes of at least 4 members (excludes halogenated alkanes) is 1. The summed E-state index contributed by atoms with van der Waals surface area (Å²) in [5.74, 6) is 0.619. The van der Waals surface area contributed by atoms with E-state index in [1.54, 1.807) is 6.33 Å². The van der Waals surface area contributed by atoms with Crippen LogP contribution in [0.4, 0.5) is 11.5 Å². The van der Waals surface area contributed by atoms with Crippen LogP contribution in [-0.4, -0.2) is 30.5 Å². The molecule has 24 heavy (non-hydrogen) atoms. The minimum atomic E-state index is 0.171. The lowest BCUT2D eigenvalue weighted by atomic mass is 10.2. The van der Waals surface area contributed by atoms with Gasteiger partial charge in [0.05, 0.1) is 6.33 Å². The molecular weight excluding hydrogens is 330 g/mol. The SMILES string of the molecule is CCCC.Cc1cccc(Nc2nc(Cl)nc3nc[nH]c23)c1.OO. The summed E-state index contributed by atoms with van der Waals surface area (Å²) in [7, 11) is 0. The van der Waals surface area contributed by atoms with Crippen LogP contribution in [0.15, 0.2) is 30.6 Å². The number of nitrogens with zero attached hydrogens (tertiary/aromatic N) is 3. The van der Waals surface area contributed by atoms with E-state index in [9.17, 15) is 0 Å². The first-order chi connectivity index (χ1) is 11.6. The largest absolute Gasteiger partial charge is 0.340 e. The molecule has 0 amide bonds. The van der Waals surface area contributed by atoms with E-state index in [2.05, 4.69) is 39.1 Å². The number of hydrogen-bond donors (Lipinski definition) is 4. The van der Waals surface area contributed by atoms with Gasteiger partial charge in [-0.3, -0.25) is 10.5 Å². The average molecular weight is 352 g/mol. The standard InChI is InChI=1S/C12H10ClN5.C4H10.H2O2/c1-7-3-2-4-8(5-7)16-11-9-10(15-6-14-9)17-12(13)18-11;1-3-4-2;1-2/h2-6H,1H3,(H2,14,15,16,17,18);3-4H2,1-2H3;1-2H. The van der Waals surface area contributed by atoms with Crippen LogP contribution in [0, 0.1) is 6.92 Å². The Morgan fingerprint density at radius 2 is 1.88 bits per heavy atom. The van der Waals surface area contributed by atoms with Gasteiger partial charge in [0.15, 0.2) is 11.5 Å². The second-order valence-corrected chi connectivity index (χ2v) is 5.27. The maximum Gasteiger partial charge on any atom is 0.226 e. The van der Waals surface area contributed by atoms with Crippen molar-refractivity contribution in [3.8, 4) is 0 Å². The maximum absolute atomic E-state index is 6.00. The fourth-order valence-corrected chi connectivity index (χ4v) is 1.92. The zero-order valence-electron chi connectivity index (χ0n) is 13.9. The number of aromatic nitrogens is 4. The molecule has 130 valence electrons. The Hall–Kier alpha value is -2.22. The quantitative estimate of drug-likeness (QED) is 0.304. The Bertz CT molecular complexity index is 746. The molecule has 7 nitrogen and oxygen atoms in total. The number of hydrogen-bond acceptors (Lipinski definition) is 6. The Morgan fingerprint density at radius 1 is 1.17 bits per heavy atom. The van der Waals surface area contributed by atoms with E-state index in [4.69, 9.17) is 22.1 Å². The summed E-state index contributed by atoms with van der Waals surface area (Å²) < 4.78 is 0. The van der Waals surface area contributed by atoms with Crippen molar-refractivity contribution < 1.29 is 10.5 Å². The minimum Gasteiger partial charge on any atom is -0.340 e.